The molecule has 6 heteroatoms. The minimum atomic E-state index is -4.40. The van der Waals surface area contributed by atoms with E-state index in [-0.39, 0.29) is 5.56 Å². The second-order valence-electron chi connectivity index (χ2n) is 4.48. The van der Waals surface area contributed by atoms with Crippen LogP contribution in [0, 0.1) is 0 Å². The van der Waals surface area contributed by atoms with Gasteiger partial charge < -0.3 is 0 Å². The monoisotopic (exact) mass is 296 g/mol. The Balaban J connectivity index is 2.20. The first-order chi connectivity index (χ1) is 9.54. The molecule has 1 aromatic carbocycles. The number of rotatable bonds is 2. The van der Waals surface area contributed by atoms with Crippen LogP contribution in [0.5, 0.6) is 0 Å². The molecule has 2 nitrogen and oxygen atoms in total. The van der Waals surface area contributed by atoms with Crippen LogP contribution in [-0.4, -0.2) is 23.6 Å². The maximum Gasteiger partial charge on any atom is 0.416 e. The van der Waals surface area contributed by atoms with E-state index in [1.54, 1.807) is 18.2 Å². The molecule has 0 fully saturated rings. The number of allylic oxidation sites excluding steroid dienone is 1. The Morgan fingerprint density at radius 3 is 2.60 bits per heavy atom. The van der Waals surface area contributed by atoms with Crippen LogP contribution >= 0.6 is 11.8 Å². The van der Waals surface area contributed by atoms with Crippen LogP contribution < -0.4 is 0 Å². The van der Waals surface area contributed by atoms with Gasteiger partial charge in [0.05, 0.1) is 5.56 Å². The molecule has 0 radical (unpaired) electrons. The molecule has 3 rings (SSSR count). The lowest BCUT2D eigenvalue weighted by atomic mass is 9.88. The standard InChI is InChI=1S/C14H11F3N2S/c15-14(16,17)11-5-2-1-4-10(11)13(6-3-7-19-13)12-18-8-9-20-12/h1-7H,8-9H2. The summed E-state index contributed by atoms with van der Waals surface area (Å²) in [6.45, 7) is 0.624. The number of thioether (sulfide) groups is 1. The van der Waals surface area contributed by atoms with Crippen molar-refractivity contribution in [1.82, 2.24) is 0 Å². The van der Waals surface area contributed by atoms with Gasteiger partial charge in [0.2, 0.25) is 0 Å². The third-order valence-corrected chi connectivity index (χ3v) is 4.36. The summed E-state index contributed by atoms with van der Waals surface area (Å²) in [5.74, 6) is 0.786. The highest BCUT2D eigenvalue weighted by Crippen LogP contribution is 2.43. The van der Waals surface area contributed by atoms with Gasteiger partial charge in [-0.25, -0.2) is 0 Å². The van der Waals surface area contributed by atoms with Gasteiger partial charge in [-0.15, -0.1) is 11.8 Å². The zero-order valence-corrected chi connectivity index (χ0v) is 11.2. The van der Waals surface area contributed by atoms with Crippen molar-refractivity contribution in [1.29, 1.82) is 0 Å². The Kier molecular flexibility index (Phi) is 3.20. The smallest absolute Gasteiger partial charge is 0.279 e. The Morgan fingerprint density at radius 2 is 2.00 bits per heavy atom. The molecule has 1 unspecified atom stereocenters. The molecule has 2 heterocycles. The topological polar surface area (TPSA) is 24.7 Å². The summed E-state index contributed by atoms with van der Waals surface area (Å²) >= 11 is 1.47. The van der Waals surface area contributed by atoms with E-state index in [0.29, 0.717) is 11.6 Å². The van der Waals surface area contributed by atoms with Crippen molar-refractivity contribution < 1.29 is 13.2 Å². The maximum absolute atomic E-state index is 13.2. The van der Waals surface area contributed by atoms with E-state index in [1.165, 1.54) is 30.1 Å². The van der Waals surface area contributed by atoms with Crippen molar-refractivity contribution in [2.45, 2.75) is 11.7 Å². The van der Waals surface area contributed by atoms with Crippen molar-refractivity contribution in [3.8, 4) is 0 Å². The van der Waals surface area contributed by atoms with Crippen LogP contribution in [0.1, 0.15) is 11.1 Å². The fraction of sp³-hybridized carbons (Fsp3) is 0.286. The Labute approximate surface area is 118 Å². The largest absolute Gasteiger partial charge is 0.416 e. The maximum atomic E-state index is 13.2. The molecule has 2 aliphatic heterocycles. The zero-order chi connectivity index (χ0) is 14.2. The second kappa shape index (κ2) is 4.77. The number of halogens is 3. The molecule has 0 amide bonds. The number of nitrogens with zero attached hydrogens (tertiary/aromatic N) is 2. The number of hydrogen-bond acceptors (Lipinski definition) is 3. The van der Waals surface area contributed by atoms with Crippen molar-refractivity contribution >= 4 is 23.0 Å². The van der Waals surface area contributed by atoms with E-state index in [0.717, 1.165) is 11.8 Å². The highest BCUT2D eigenvalue weighted by atomic mass is 32.2. The van der Waals surface area contributed by atoms with Gasteiger partial charge in [-0.2, -0.15) is 13.2 Å². The Hall–Kier alpha value is -1.56. The molecule has 0 bridgehead atoms. The predicted octanol–water partition coefficient (Wildman–Crippen LogP) is 3.69. The summed E-state index contributed by atoms with van der Waals surface area (Å²) in [4.78, 5) is 8.64. The lowest BCUT2D eigenvalue weighted by molar-refractivity contribution is -0.138. The SMILES string of the molecule is FC(F)(F)c1ccccc1C1(C2=NCCS2)C=CC=N1. The molecule has 1 atom stereocenters. The lowest BCUT2D eigenvalue weighted by Gasteiger charge is -2.27. The van der Waals surface area contributed by atoms with Gasteiger partial charge in [-0.1, -0.05) is 18.2 Å². The highest BCUT2D eigenvalue weighted by Gasteiger charge is 2.44. The minimum absolute atomic E-state index is 0.144. The summed E-state index contributed by atoms with van der Waals surface area (Å²) in [5, 5.41) is 0.638. The molecule has 20 heavy (non-hydrogen) atoms. The fourth-order valence-electron chi connectivity index (χ4n) is 2.42. The van der Waals surface area contributed by atoms with Crippen LogP contribution in [0.4, 0.5) is 13.2 Å². The molecular weight excluding hydrogens is 285 g/mol. The molecule has 104 valence electrons. The van der Waals surface area contributed by atoms with Crippen LogP contribution in [0.15, 0.2) is 46.4 Å². The molecule has 0 spiro atoms. The normalized spacial score (nSPS) is 25.2. The molecular formula is C14H11F3N2S. The molecule has 0 saturated heterocycles. The zero-order valence-electron chi connectivity index (χ0n) is 10.4. The van der Waals surface area contributed by atoms with Crippen LogP contribution in [-0.2, 0) is 11.7 Å². The number of benzene rings is 1. The average Bonchev–Trinajstić information content (AvgIpc) is 3.09. The first-order valence-electron chi connectivity index (χ1n) is 6.11. The van der Waals surface area contributed by atoms with E-state index in [2.05, 4.69) is 9.98 Å². The average molecular weight is 296 g/mol. The van der Waals surface area contributed by atoms with Crippen molar-refractivity contribution in [2.75, 3.05) is 12.3 Å². The van der Waals surface area contributed by atoms with Crippen LogP contribution in [0.3, 0.4) is 0 Å². The van der Waals surface area contributed by atoms with Gasteiger partial charge in [0.25, 0.3) is 0 Å². The quantitative estimate of drug-likeness (QED) is 0.817. The third-order valence-electron chi connectivity index (χ3n) is 3.26. The first kappa shape index (κ1) is 13.4. The second-order valence-corrected chi connectivity index (χ2v) is 5.57. The summed E-state index contributed by atoms with van der Waals surface area (Å²) in [7, 11) is 0. The van der Waals surface area contributed by atoms with E-state index in [4.69, 9.17) is 0 Å². The molecule has 0 aromatic heterocycles. The van der Waals surface area contributed by atoms with Gasteiger partial charge in [0.1, 0.15) is 5.04 Å². The molecule has 0 saturated carbocycles. The summed E-state index contributed by atoms with van der Waals surface area (Å²) in [6.07, 6.45) is 0.497. The molecule has 0 aliphatic carbocycles. The Morgan fingerprint density at radius 1 is 1.20 bits per heavy atom. The Bertz CT molecular complexity index is 605. The number of alkyl halides is 3. The number of hydrogen-bond donors (Lipinski definition) is 0. The van der Waals surface area contributed by atoms with Gasteiger partial charge in [-0.05, 0) is 18.2 Å². The predicted molar refractivity (Wildman–Crippen MR) is 75.5 cm³/mol. The molecule has 2 aliphatic rings. The minimum Gasteiger partial charge on any atom is -0.279 e. The van der Waals surface area contributed by atoms with Crippen LogP contribution in [0.2, 0.25) is 0 Å². The van der Waals surface area contributed by atoms with Gasteiger partial charge >= 0.3 is 6.18 Å². The van der Waals surface area contributed by atoms with E-state index < -0.39 is 17.3 Å². The number of aliphatic imine (C=N–C) groups is 2. The van der Waals surface area contributed by atoms with Gasteiger partial charge in [-0.3, -0.25) is 9.98 Å². The summed E-state index contributed by atoms with van der Waals surface area (Å²) in [6, 6.07) is 5.58. The highest BCUT2D eigenvalue weighted by molar-refractivity contribution is 8.14. The molecule has 1 aromatic rings. The lowest BCUT2D eigenvalue weighted by Crippen LogP contribution is -2.30. The summed E-state index contributed by atoms with van der Waals surface area (Å²) in [5.41, 5.74) is -1.61. The van der Waals surface area contributed by atoms with E-state index in [1.807, 2.05) is 0 Å². The van der Waals surface area contributed by atoms with Crippen LogP contribution in [0.25, 0.3) is 0 Å². The van der Waals surface area contributed by atoms with Crippen molar-refractivity contribution in [3.63, 3.8) is 0 Å². The van der Waals surface area contributed by atoms with Crippen molar-refractivity contribution in [2.24, 2.45) is 9.98 Å². The first-order valence-corrected chi connectivity index (χ1v) is 7.10. The fourth-order valence-corrected chi connectivity index (χ4v) is 3.42. The van der Waals surface area contributed by atoms with Gasteiger partial charge in [0, 0.05) is 24.1 Å². The van der Waals surface area contributed by atoms with Crippen molar-refractivity contribution in [3.05, 3.63) is 47.5 Å². The van der Waals surface area contributed by atoms with Gasteiger partial charge in [0.15, 0.2) is 5.54 Å². The van der Waals surface area contributed by atoms with E-state index >= 15 is 0 Å². The van der Waals surface area contributed by atoms with E-state index in [9.17, 15) is 13.2 Å². The summed E-state index contributed by atoms with van der Waals surface area (Å²) < 4.78 is 39.7. The third kappa shape index (κ3) is 2.08. The molecule has 0 N–H and O–H groups in total.